The zero-order chi connectivity index (χ0) is 8.81. The summed E-state index contributed by atoms with van der Waals surface area (Å²) in [6, 6.07) is 8.17. The van der Waals surface area contributed by atoms with Gasteiger partial charge in [0, 0.05) is 16.7 Å². The molecule has 66 valence electrons. The molecule has 12 heavy (non-hydrogen) atoms. The summed E-state index contributed by atoms with van der Waals surface area (Å²) in [6.07, 6.45) is 1.09. The van der Waals surface area contributed by atoms with Gasteiger partial charge in [0.15, 0.2) is 0 Å². The topological polar surface area (TPSA) is 12.0 Å². The molecule has 0 unspecified atom stereocenters. The van der Waals surface area contributed by atoms with Crippen molar-refractivity contribution in [2.75, 3.05) is 17.6 Å². The highest BCUT2D eigenvalue weighted by atomic mass is 79.9. The largest absolute Gasteiger partial charge is 0.385 e. The van der Waals surface area contributed by atoms with Crippen LogP contribution in [0.2, 0.25) is 0 Å². The van der Waals surface area contributed by atoms with Crippen molar-refractivity contribution in [2.24, 2.45) is 0 Å². The summed E-state index contributed by atoms with van der Waals surface area (Å²) in [7, 11) is 0. The van der Waals surface area contributed by atoms with Crippen LogP contribution < -0.4 is 5.32 Å². The van der Waals surface area contributed by atoms with Crippen LogP contribution in [0.5, 0.6) is 0 Å². The van der Waals surface area contributed by atoms with E-state index in [1.807, 2.05) is 12.1 Å². The molecule has 0 aliphatic carbocycles. The lowest BCUT2D eigenvalue weighted by atomic mass is 10.3. The lowest BCUT2D eigenvalue weighted by Crippen LogP contribution is -2.01. The van der Waals surface area contributed by atoms with Gasteiger partial charge in [-0.05, 0) is 30.4 Å². The van der Waals surface area contributed by atoms with Gasteiger partial charge in [0.2, 0.25) is 0 Å². The average Bonchev–Trinajstić information content (AvgIpc) is 2.05. The molecule has 0 amide bonds. The van der Waals surface area contributed by atoms with Gasteiger partial charge < -0.3 is 5.32 Å². The zero-order valence-corrected chi connectivity index (χ0v) is 9.24. The first-order chi connectivity index (χ1) is 5.83. The molecule has 0 heterocycles. The van der Waals surface area contributed by atoms with Crippen molar-refractivity contribution < 1.29 is 0 Å². The van der Waals surface area contributed by atoms with Gasteiger partial charge in [-0.15, -0.1) is 0 Å². The Morgan fingerprint density at radius 3 is 2.92 bits per heavy atom. The molecule has 1 N–H and O–H groups in total. The third-order valence-electron chi connectivity index (χ3n) is 1.49. The van der Waals surface area contributed by atoms with E-state index in [1.54, 1.807) is 0 Å². The van der Waals surface area contributed by atoms with Crippen LogP contribution in [-0.2, 0) is 0 Å². The molecule has 0 saturated carbocycles. The molecule has 0 bridgehead atoms. The summed E-state index contributed by atoms with van der Waals surface area (Å²) in [5.74, 6) is 0.932. The Morgan fingerprint density at radius 1 is 1.42 bits per heavy atom. The Kier molecular flexibility index (Phi) is 4.54. The summed E-state index contributed by atoms with van der Waals surface area (Å²) < 4.78 is 1.11. The minimum atomic E-state index is 0.932. The summed E-state index contributed by atoms with van der Waals surface area (Å²) in [5.41, 5.74) is 1.16. The molecule has 0 radical (unpaired) electrons. The second kappa shape index (κ2) is 5.49. The van der Waals surface area contributed by atoms with Gasteiger partial charge in [-0.3, -0.25) is 0 Å². The highest BCUT2D eigenvalue weighted by molar-refractivity contribution is 9.10. The van der Waals surface area contributed by atoms with E-state index in [-0.39, 0.29) is 0 Å². The van der Waals surface area contributed by atoms with Gasteiger partial charge >= 0.3 is 0 Å². The molecule has 1 aromatic carbocycles. The van der Waals surface area contributed by atoms with Crippen molar-refractivity contribution in [3.05, 3.63) is 28.7 Å². The minimum Gasteiger partial charge on any atom is -0.385 e. The highest BCUT2D eigenvalue weighted by Gasteiger charge is 1.90. The van der Waals surface area contributed by atoms with Crippen LogP contribution in [0.25, 0.3) is 0 Å². The maximum absolute atomic E-state index is 4.14. The maximum atomic E-state index is 4.14. The summed E-state index contributed by atoms with van der Waals surface area (Å²) >= 11 is 7.55. The van der Waals surface area contributed by atoms with E-state index in [0.29, 0.717) is 0 Å². The van der Waals surface area contributed by atoms with Crippen LogP contribution in [0.3, 0.4) is 0 Å². The Labute approximate surface area is 87.1 Å². The Morgan fingerprint density at radius 2 is 2.25 bits per heavy atom. The fourth-order valence-electron chi connectivity index (χ4n) is 0.910. The van der Waals surface area contributed by atoms with E-state index in [9.17, 15) is 0 Å². The second-order valence-corrected chi connectivity index (χ2v) is 3.88. The third kappa shape index (κ3) is 3.50. The quantitative estimate of drug-likeness (QED) is 0.614. The number of benzene rings is 1. The van der Waals surface area contributed by atoms with Crippen LogP contribution >= 0.6 is 28.6 Å². The lowest BCUT2D eigenvalue weighted by molar-refractivity contribution is 0.995. The molecule has 0 saturated heterocycles. The van der Waals surface area contributed by atoms with E-state index >= 15 is 0 Å². The number of halogens is 1. The molecule has 0 aromatic heterocycles. The molecule has 0 atom stereocenters. The first-order valence-electron chi connectivity index (χ1n) is 3.93. The molecule has 0 fully saturated rings. The zero-order valence-electron chi connectivity index (χ0n) is 6.76. The van der Waals surface area contributed by atoms with Crippen molar-refractivity contribution in [1.29, 1.82) is 0 Å². The van der Waals surface area contributed by atoms with Crippen molar-refractivity contribution >= 4 is 34.2 Å². The molecular formula is C9H12BrNS. The van der Waals surface area contributed by atoms with Crippen molar-refractivity contribution in [2.45, 2.75) is 6.42 Å². The Balaban J connectivity index is 2.41. The van der Waals surface area contributed by atoms with E-state index < -0.39 is 0 Å². The van der Waals surface area contributed by atoms with E-state index in [0.717, 1.165) is 28.9 Å². The predicted octanol–water partition coefficient (Wildman–Crippen LogP) is 3.18. The molecule has 1 nitrogen and oxygen atoms in total. The van der Waals surface area contributed by atoms with Crippen LogP contribution in [0.15, 0.2) is 28.7 Å². The van der Waals surface area contributed by atoms with Gasteiger partial charge in [-0.2, -0.15) is 12.6 Å². The summed E-state index contributed by atoms with van der Waals surface area (Å²) in [4.78, 5) is 0. The standard InChI is InChI=1S/C9H12BrNS/c10-8-3-1-4-9(7-8)11-5-2-6-12/h1,3-4,7,11-12H,2,5-6H2. The second-order valence-electron chi connectivity index (χ2n) is 2.51. The van der Waals surface area contributed by atoms with Crippen molar-refractivity contribution in [3.63, 3.8) is 0 Å². The molecule has 1 aromatic rings. The average molecular weight is 246 g/mol. The summed E-state index contributed by atoms with van der Waals surface area (Å²) in [6.45, 7) is 0.986. The summed E-state index contributed by atoms with van der Waals surface area (Å²) in [5, 5.41) is 3.31. The maximum Gasteiger partial charge on any atom is 0.0351 e. The van der Waals surface area contributed by atoms with Crippen LogP contribution in [0.1, 0.15) is 6.42 Å². The first kappa shape index (κ1) is 9.93. The van der Waals surface area contributed by atoms with Gasteiger partial charge in [-0.25, -0.2) is 0 Å². The fourth-order valence-corrected chi connectivity index (χ4v) is 1.47. The molecule has 3 heteroatoms. The SMILES string of the molecule is SCCCNc1cccc(Br)c1. The van der Waals surface area contributed by atoms with E-state index in [1.165, 1.54) is 0 Å². The highest BCUT2D eigenvalue weighted by Crippen LogP contribution is 2.15. The van der Waals surface area contributed by atoms with Gasteiger partial charge in [0.25, 0.3) is 0 Å². The minimum absolute atomic E-state index is 0.932. The van der Waals surface area contributed by atoms with Crippen molar-refractivity contribution in [3.8, 4) is 0 Å². The molecular weight excluding hydrogens is 234 g/mol. The molecule has 1 rings (SSSR count). The van der Waals surface area contributed by atoms with Crippen LogP contribution in [0.4, 0.5) is 5.69 Å². The number of hydrogen-bond acceptors (Lipinski definition) is 2. The van der Waals surface area contributed by atoms with Crippen LogP contribution in [-0.4, -0.2) is 12.3 Å². The van der Waals surface area contributed by atoms with Gasteiger partial charge in [-0.1, -0.05) is 22.0 Å². The van der Waals surface area contributed by atoms with E-state index in [2.05, 4.69) is 46.0 Å². The Bertz CT molecular complexity index is 240. The van der Waals surface area contributed by atoms with Crippen molar-refractivity contribution in [1.82, 2.24) is 0 Å². The number of rotatable bonds is 4. The normalized spacial score (nSPS) is 9.83. The van der Waals surface area contributed by atoms with Gasteiger partial charge in [0.1, 0.15) is 0 Å². The molecule has 0 aliphatic heterocycles. The van der Waals surface area contributed by atoms with Gasteiger partial charge in [0.05, 0.1) is 0 Å². The smallest absolute Gasteiger partial charge is 0.0351 e. The predicted molar refractivity (Wildman–Crippen MR) is 61.1 cm³/mol. The third-order valence-corrected chi connectivity index (χ3v) is 2.30. The number of nitrogens with one attached hydrogen (secondary N) is 1. The first-order valence-corrected chi connectivity index (χ1v) is 5.36. The molecule has 0 spiro atoms. The van der Waals surface area contributed by atoms with E-state index in [4.69, 9.17) is 0 Å². The monoisotopic (exact) mass is 245 g/mol. The number of thiol groups is 1. The Hall–Kier alpha value is -0.150. The van der Waals surface area contributed by atoms with Crippen LogP contribution in [0, 0.1) is 0 Å². The lowest BCUT2D eigenvalue weighted by Gasteiger charge is -2.04. The molecule has 0 aliphatic rings. The fraction of sp³-hybridized carbons (Fsp3) is 0.333. The number of hydrogen-bond donors (Lipinski definition) is 2. The number of anilines is 1.